The molecule has 0 radical (unpaired) electrons. The van der Waals surface area contributed by atoms with Crippen molar-refractivity contribution in [3.05, 3.63) is 23.3 Å². The number of hydrogen-bond donors (Lipinski definition) is 13. The van der Waals surface area contributed by atoms with Crippen LogP contribution in [0.3, 0.4) is 0 Å². The summed E-state index contributed by atoms with van der Waals surface area (Å²) < 4.78 is 60.0. The van der Waals surface area contributed by atoms with Crippen LogP contribution in [0.15, 0.2) is 23.3 Å². The molecule has 0 bridgehead atoms. The second-order valence-electron chi connectivity index (χ2n) is 27.3. The van der Waals surface area contributed by atoms with Crippen molar-refractivity contribution in [1.82, 2.24) is 0 Å². The molecule has 5 aliphatic carbocycles. The van der Waals surface area contributed by atoms with E-state index in [9.17, 15) is 85.6 Å². The molecule has 0 spiro atoms. The Morgan fingerprint density at radius 3 is 1.94 bits per heavy atom. The summed E-state index contributed by atoms with van der Waals surface area (Å²) in [7, 11) is 0. The summed E-state index contributed by atoms with van der Waals surface area (Å²) in [4.78, 5) is 53.3. The molecule has 86 heavy (non-hydrogen) atoms. The number of aliphatic hydroxyl groups excluding tert-OH is 12. The molecular formula is C59H90O27. The number of hydrogen-bond acceptors (Lipinski definition) is 26. The van der Waals surface area contributed by atoms with Crippen LogP contribution in [0, 0.1) is 50.2 Å². The van der Waals surface area contributed by atoms with Gasteiger partial charge in [-0.1, -0.05) is 59.3 Å². The van der Waals surface area contributed by atoms with Crippen molar-refractivity contribution in [2.75, 3.05) is 26.4 Å². The van der Waals surface area contributed by atoms with Gasteiger partial charge in [-0.15, -0.1) is 0 Å². The number of aliphatic carboxylic acids is 1. The van der Waals surface area contributed by atoms with E-state index in [1.807, 2.05) is 13.8 Å². The van der Waals surface area contributed by atoms with E-state index in [1.165, 1.54) is 6.92 Å². The van der Waals surface area contributed by atoms with Gasteiger partial charge in [-0.3, -0.25) is 4.79 Å². The molecule has 0 amide bonds. The highest BCUT2D eigenvalue weighted by atomic mass is 16.8. The molecule has 4 aliphatic heterocycles. The number of rotatable bonds is 15. The molecule has 30 unspecified atom stereocenters. The zero-order valence-corrected chi connectivity index (χ0v) is 50.0. The predicted molar refractivity (Wildman–Crippen MR) is 289 cm³/mol. The largest absolute Gasteiger partial charge is 0.479 e. The predicted octanol–water partition coefficient (Wildman–Crippen LogP) is -2.01. The summed E-state index contributed by atoms with van der Waals surface area (Å²) >= 11 is 0. The quantitative estimate of drug-likeness (QED) is 0.0277. The number of carbonyl (C=O) groups excluding carboxylic acids is 3. The first kappa shape index (κ1) is 67.2. The van der Waals surface area contributed by atoms with Crippen LogP contribution in [-0.2, 0) is 66.5 Å². The molecular weight excluding hydrogens is 1140 g/mol. The van der Waals surface area contributed by atoms with Crippen molar-refractivity contribution < 1.29 is 133 Å². The van der Waals surface area contributed by atoms with Crippen molar-refractivity contribution in [1.29, 1.82) is 0 Å². The molecule has 9 rings (SSSR count). The van der Waals surface area contributed by atoms with Crippen molar-refractivity contribution in [2.24, 2.45) is 50.2 Å². The molecule has 13 N–H and O–H groups in total. The number of aldehydes is 1. The van der Waals surface area contributed by atoms with E-state index in [0.29, 0.717) is 37.7 Å². The minimum atomic E-state index is -2.28. The first-order valence-electron chi connectivity index (χ1n) is 29.8. The van der Waals surface area contributed by atoms with E-state index in [-0.39, 0.29) is 25.4 Å². The Morgan fingerprint density at radius 1 is 0.686 bits per heavy atom. The second-order valence-corrected chi connectivity index (χ2v) is 27.3. The molecule has 30 atom stereocenters. The lowest BCUT2D eigenvalue weighted by Crippen LogP contribution is -2.72. The molecule has 27 nitrogen and oxygen atoms in total. The monoisotopic (exact) mass is 1230 g/mol. The fourth-order valence-corrected chi connectivity index (χ4v) is 16.9. The summed E-state index contributed by atoms with van der Waals surface area (Å²) in [5, 5.41) is 145. The van der Waals surface area contributed by atoms with Crippen LogP contribution in [0.1, 0.15) is 107 Å². The smallest absolute Gasteiger partial charge is 0.335 e. The Bertz CT molecular complexity index is 2550. The Kier molecular flexibility index (Phi) is 19.3. The van der Waals surface area contributed by atoms with Crippen molar-refractivity contribution in [3.63, 3.8) is 0 Å². The Labute approximate surface area is 498 Å². The molecule has 27 heteroatoms. The van der Waals surface area contributed by atoms with Gasteiger partial charge in [0.15, 0.2) is 31.3 Å². The molecule has 4 saturated heterocycles. The number of esters is 2. The third-order valence-corrected chi connectivity index (χ3v) is 22.2. The standard InChI is InChI=1S/C59H90O27/c1-10-24(2)49(76)86-47-46(73)59(23-79-25(3)62)27(17-54(47,4)5)26-11-12-32-55(6)15-14-34(56(7,22-61)31(55)13-16-57(32,8)58(26,9)18-33(59)65)81-53-45(85-51-40(71)38(69)37(68)30(19-60)80-51)42(41(72)43(83-53)48(74)75)82-52-44(36(67)29(64)21-78-52)84-50-39(70)35(66)28(63)20-77-50/h10-11,22,27-47,50-53,60,63-73H,12-21,23H2,1-9H3,(H,74,75)/b24-10-. The second kappa shape index (κ2) is 24.8. The summed E-state index contributed by atoms with van der Waals surface area (Å²) in [5.74, 6) is -4.18. The van der Waals surface area contributed by atoms with Gasteiger partial charge >= 0.3 is 17.9 Å². The van der Waals surface area contributed by atoms with Gasteiger partial charge in [0, 0.05) is 17.9 Å². The molecule has 488 valence electrons. The maximum atomic E-state index is 14.2. The minimum absolute atomic E-state index is 0.112. The lowest BCUT2D eigenvalue weighted by molar-refractivity contribution is -0.398. The zero-order valence-electron chi connectivity index (χ0n) is 50.0. The third-order valence-electron chi connectivity index (χ3n) is 22.2. The van der Waals surface area contributed by atoms with Gasteiger partial charge in [0.05, 0.1) is 42.9 Å². The van der Waals surface area contributed by atoms with Gasteiger partial charge in [-0.05, 0) is 92.8 Å². The Morgan fingerprint density at radius 2 is 1.31 bits per heavy atom. The normalized spacial score (nSPS) is 51.1. The first-order valence-corrected chi connectivity index (χ1v) is 29.8. The minimum Gasteiger partial charge on any atom is -0.479 e. The van der Waals surface area contributed by atoms with Crippen LogP contribution < -0.4 is 0 Å². The van der Waals surface area contributed by atoms with Crippen LogP contribution in [-0.4, -0.2) is 252 Å². The van der Waals surface area contributed by atoms with Gasteiger partial charge in [0.2, 0.25) is 0 Å². The van der Waals surface area contributed by atoms with Crippen molar-refractivity contribution in [3.8, 4) is 0 Å². The highest BCUT2D eigenvalue weighted by Gasteiger charge is 2.74. The van der Waals surface area contributed by atoms with Crippen molar-refractivity contribution >= 4 is 24.2 Å². The third kappa shape index (κ3) is 11.0. The fraction of sp³-hybridized carbons (Fsp3) is 0.864. The Hall–Kier alpha value is -3.24. The van der Waals surface area contributed by atoms with E-state index in [0.717, 1.165) is 11.9 Å². The summed E-state index contributed by atoms with van der Waals surface area (Å²) in [6.07, 6.45) is -32.7. The average molecular weight is 1230 g/mol. The number of aliphatic hydroxyl groups is 12. The molecule has 0 aromatic carbocycles. The zero-order chi connectivity index (χ0) is 63.3. The van der Waals surface area contributed by atoms with E-state index < -0.39 is 217 Å². The van der Waals surface area contributed by atoms with Gasteiger partial charge in [-0.2, -0.15) is 0 Å². The topological polar surface area (TPSA) is 424 Å². The number of carboxylic acids is 1. The lowest BCUT2D eigenvalue weighted by Gasteiger charge is -2.72. The number of fused-ring (bicyclic) bond motifs is 7. The maximum absolute atomic E-state index is 14.2. The number of ether oxygens (including phenoxy) is 10. The van der Waals surface area contributed by atoms with Gasteiger partial charge in [0.1, 0.15) is 104 Å². The number of allylic oxidation sites excluding steroid dienone is 3. The molecule has 0 aromatic heterocycles. The lowest BCUT2D eigenvalue weighted by atomic mass is 9.33. The van der Waals surface area contributed by atoms with E-state index in [1.54, 1.807) is 26.8 Å². The molecule has 4 heterocycles. The Balaban J connectivity index is 1.05. The maximum Gasteiger partial charge on any atom is 0.335 e. The van der Waals surface area contributed by atoms with Gasteiger partial charge in [-0.25, -0.2) is 9.59 Å². The SMILES string of the molecule is C/C=C(/C)C(=O)OC1C(O)C2(COC(C)=O)C(O)CC3(C)C(=CCC4C5(C)CCC(OC6OC(C(=O)O)C(O)C(OC7OCC(O)C(O)C7OC7OCC(O)C(O)C7O)C6OC6OC(CO)C(O)C(O)C6O)C(C)(C=O)C5CCC43C)C2CC1(C)C. The average Bonchev–Trinajstić information content (AvgIpc) is 0.771. The summed E-state index contributed by atoms with van der Waals surface area (Å²) in [5.41, 5.74) is -4.42. The number of carbonyl (C=O) groups is 4. The highest BCUT2D eigenvalue weighted by Crippen LogP contribution is 2.76. The van der Waals surface area contributed by atoms with Crippen molar-refractivity contribution in [2.45, 2.75) is 242 Å². The fourth-order valence-electron chi connectivity index (χ4n) is 16.9. The van der Waals surface area contributed by atoms with E-state index in [2.05, 4.69) is 26.8 Å². The van der Waals surface area contributed by atoms with Crippen LogP contribution in [0.2, 0.25) is 0 Å². The van der Waals surface area contributed by atoms with Crippen LogP contribution >= 0.6 is 0 Å². The van der Waals surface area contributed by atoms with E-state index in [4.69, 9.17) is 47.4 Å². The molecule has 9 aliphatic rings. The number of carboxylic acid groups (broad SMARTS) is 1. The van der Waals surface area contributed by atoms with Crippen LogP contribution in [0.25, 0.3) is 0 Å². The molecule has 4 saturated carbocycles. The molecule has 0 aromatic rings. The van der Waals surface area contributed by atoms with Crippen LogP contribution in [0.4, 0.5) is 0 Å². The first-order chi connectivity index (χ1) is 40.2. The summed E-state index contributed by atoms with van der Waals surface area (Å²) in [6, 6.07) is 0. The van der Waals surface area contributed by atoms with Gasteiger partial charge < -0.3 is 119 Å². The van der Waals surface area contributed by atoms with Gasteiger partial charge in [0.25, 0.3) is 0 Å². The van der Waals surface area contributed by atoms with Crippen LogP contribution in [0.5, 0.6) is 0 Å². The highest BCUT2D eigenvalue weighted by molar-refractivity contribution is 5.87. The molecule has 8 fully saturated rings. The van der Waals surface area contributed by atoms with E-state index >= 15 is 0 Å². The summed E-state index contributed by atoms with van der Waals surface area (Å²) in [6.45, 7) is 14.1.